The number of hydrogen-bond acceptors (Lipinski definition) is 1. The lowest BCUT2D eigenvalue weighted by atomic mass is 9.89. The first-order valence-electron chi connectivity index (χ1n) is 6.58. The van der Waals surface area contributed by atoms with Gasteiger partial charge in [-0.05, 0) is 55.5 Å². The second kappa shape index (κ2) is 7.88. The fourth-order valence-electron chi connectivity index (χ4n) is 1.94. The van der Waals surface area contributed by atoms with E-state index in [9.17, 15) is 0 Å². The molecule has 0 radical (unpaired) electrons. The lowest BCUT2D eigenvalue weighted by Crippen LogP contribution is -2.26. The van der Waals surface area contributed by atoms with E-state index in [1.807, 2.05) is 0 Å². The third-order valence-electron chi connectivity index (χ3n) is 3.31. The zero-order chi connectivity index (χ0) is 12.7. The predicted octanol–water partition coefficient (Wildman–Crippen LogP) is 4.26. The van der Waals surface area contributed by atoms with Gasteiger partial charge in [0.1, 0.15) is 0 Å². The van der Waals surface area contributed by atoms with Gasteiger partial charge < -0.3 is 5.32 Å². The van der Waals surface area contributed by atoms with Crippen LogP contribution in [0, 0.1) is 11.8 Å². The summed E-state index contributed by atoms with van der Waals surface area (Å²) in [6.45, 7) is 9.16. The SMILES string of the molecule is CCCNCC(C)C(C)Cc1cccc(Br)c1. The molecule has 2 unspecified atom stereocenters. The van der Waals surface area contributed by atoms with E-state index >= 15 is 0 Å². The topological polar surface area (TPSA) is 12.0 Å². The van der Waals surface area contributed by atoms with Crippen LogP contribution in [0.15, 0.2) is 28.7 Å². The van der Waals surface area contributed by atoms with Crippen LogP contribution >= 0.6 is 15.9 Å². The molecule has 0 bridgehead atoms. The van der Waals surface area contributed by atoms with E-state index < -0.39 is 0 Å². The summed E-state index contributed by atoms with van der Waals surface area (Å²) in [7, 11) is 0. The summed E-state index contributed by atoms with van der Waals surface area (Å²) in [5, 5.41) is 3.50. The average Bonchev–Trinajstić information content (AvgIpc) is 2.29. The van der Waals surface area contributed by atoms with Crippen LogP contribution < -0.4 is 5.32 Å². The Kier molecular flexibility index (Phi) is 6.83. The largest absolute Gasteiger partial charge is 0.316 e. The average molecular weight is 298 g/mol. The van der Waals surface area contributed by atoms with E-state index in [1.54, 1.807) is 0 Å². The number of nitrogens with one attached hydrogen (secondary N) is 1. The molecule has 0 amide bonds. The molecule has 2 heteroatoms. The third kappa shape index (κ3) is 5.69. The Morgan fingerprint density at radius 2 is 2.00 bits per heavy atom. The third-order valence-corrected chi connectivity index (χ3v) is 3.80. The maximum Gasteiger partial charge on any atom is 0.0177 e. The molecule has 1 N–H and O–H groups in total. The van der Waals surface area contributed by atoms with Gasteiger partial charge in [0.2, 0.25) is 0 Å². The molecule has 17 heavy (non-hydrogen) atoms. The van der Waals surface area contributed by atoms with Crippen molar-refractivity contribution in [2.75, 3.05) is 13.1 Å². The maximum absolute atomic E-state index is 3.53. The first-order chi connectivity index (χ1) is 8.13. The van der Waals surface area contributed by atoms with Gasteiger partial charge in [-0.3, -0.25) is 0 Å². The molecule has 96 valence electrons. The van der Waals surface area contributed by atoms with Crippen molar-refractivity contribution in [3.8, 4) is 0 Å². The molecule has 1 nitrogen and oxygen atoms in total. The number of benzene rings is 1. The number of hydrogen-bond donors (Lipinski definition) is 1. The Morgan fingerprint density at radius 1 is 1.24 bits per heavy atom. The van der Waals surface area contributed by atoms with E-state index in [-0.39, 0.29) is 0 Å². The van der Waals surface area contributed by atoms with Gasteiger partial charge in [0.05, 0.1) is 0 Å². The van der Waals surface area contributed by atoms with Crippen molar-refractivity contribution in [2.45, 2.75) is 33.6 Å². The smallest absolute Gasteiger partial charge is 0.0177 e. The molecule has 1 rings (SSSR count). The van der Waals surface area contributed by atoms with Gasteiger partial charge in [-0.1, -0.05) is 48.8 Å². The van der Waals surface area contributed by atoms with Crippen molar-refractivity contribution < 1.29 is 0 Å². The molecule has 0 aliphatic rings. The molecule has 0 aromatic heterocycles. The Bertz CT molecular complexity index is 324. The van der Waals surface area contributed by atoms with Gasteiger partial charge in [0.15, 0.2) is 0 Å². The molecule has 0 fully saturated rings. The molecule has 0 aliphatic heterocycles. The predicted molar refractivity (Wildman–Crippen MR) is 79.3 cm³/mol. The highest BCUT2D eigenvalue weighted by Gasteiger charge is 2.12. The lowest BCUT2D eigenvalue weighted by Gasteiger charge is -2.20. The molecule has 0 saturated carbocycles. The van der Waals surface area contributed by atoms with Gasteiger partial charge in [-0.25, -0.2) is 0 Å². The van der Waals surface area contributed by atoms with Crippen molar-refractivity contribution >= 4 is 15.9 Å². The second-order valence-electron chi connectivity index (χ2n) is 4.99. The molecule has 0 saturated heterocycles. The van der Waals surface area contributed by atoms with Gasteiger partial charge in [-0.2, -0.15) is 0 Å². The minimum absolute atomic E-state index is 0.716. The van der Waals surface area contributed by atoms with Gasteiger partial charge in [0.25, 0.3) is 0 Å². The van der Waals surface area contributed by atoms with E-state index in [0.717, 1.165) is 25.4 Å². The van der Waals surface area contributed by atoms with Crippen LogP contribution in [0.25, 0.3) is 0 Å². The standard InChI is InChI=1S/C15H24BrN/c1-4-8-17-11-13(3)12(2)9-14-6-5-7-15(16)10-14/h5-7,10,12-13,17H,4,8-9,11H2,1-3H3. The van der Waals surface area contributed by atoms with E-state index in [4.69, 9.17) is 0 Å². The molecule has 2 atom stereocenters. The normalized spacial score (nSPS) is 14.6. The Labute approximate surface area is 114 Å². The van der Waals surface area contributed by atoms with Crippen molar-refractivity contribution in [3.63, 3.8) is 0 Å². The Balaban J connectivity index is 2.39. The summed E-state index contributed by atoms with van der Waals surface area (Å²) in [4.78, 5) is 0. The summed E-state index contributed by atoms with van der Waals surface area (Å²) >= 11 is 3.53. The van der Waals surface area contributed by atoms with Crippen LogP contribution in [0.2, 0.25) is 0 Å². The number of halogens is 1. The van der Waals surface area contributed by atoms with E-state index in [1.165, 1.54) is 16.5 Å². The lowest BCUT2D eigenvalue weighted by molar-refractivity contribution is 0.365. The van der Waals surface area contributed by atoms with Crippen molar-refractivity contribution in [1.29, 1.82) is 0 Å². The van der Waals surface area contributed by atoms with Crippen LogP contribution in [0.4, 0.5) is 0 Å². The van der Waals surface area contributed by atoms with Crippen molar-refractivity contribution in [2.24, 2.45) is 11.8 Å². The van der Waals surface area contributed by atoms with E-state index in [2.05, 4.69) is 66.3 Å². The van der Waals surface area contributed by atoms with Crippen molar-refractivity contribution in [3.05, 3.63) is 34.3 Å². The summed E-state index contributed by atoms with van der Waals surface area (Å²) in [5.74, 6) is 1.44. The van der Waals surface area contributed by atoms with Gasteiger partial charge in [-0.15, -0.1) is 0 Å². The molecule has 1 aromatic carbocycles. The van der Waals surface area contributed by atoms with Crippen molar-refractivity contribution in [1.82, 2.24) is 5.32 Å². The summed E-state index contributed by atoms with van der Waals surface area (Å²) in [5.41, 5.74) is 1.43. The first-order valence-corrected chi connectivity index (χ1v) is 7.38. The summed E-state index contributed by atoms with van der Waals surface area (Å²) in [6.07, 6.45) is 2.38. The van der Waals surface area contributed by atoms with Crippen LogP contribution in [-0.2, 0) is 6.42 Å². The van der Waals surface area contributed by atoms with Crippen LogP contribution in [0.3, 0.4) is 0 Å². The fraction of sp³-hybridized carbons (Fsp3) is 0.600. The Morgan fingerprint density at radius 3 is 2.65 bits per heavy atom. The minimum atomic E-state index is 0.716. The highest BCUT2D eigenvalue weighted by Crippen LogP contribution is 2.19. The summed E-state index contributed by atoms with van der Waals surface area (Å²) < 4.78 is 1.18. The van der Waals surface area contributed by atoms with Gasteiger partial charge >= 0.3 is 0 Å². The maximum atomic E-state index is 3.53. The minimum Gasteiger partial charge on any atom is -0.316 e. The summed E-state index contributed by atoms with van der Waals surface area (Å²) in [6, 6.07) is 8.64. The van der Waals surface area contributed by atoms with Crippen LogP contribution in [0.1, 0.15) is 32.8 Å². The molecule has 0 spiro atoms. The monoisotopic (exact) mass is 297 g/mol. The zero-order valence-electron chi connectivity index (χ0n) is 11.2. The number of rotatable bonds is 7. The van der Waals surface area contributed by atoms with E-state index in [0.29, 0.717) is 5.92 Å². The fourth-order valence-corrected chi connectivity index (χ4v) is 2.39. The highest BCUT2D eigenvalue weighted by molar-refractivity contribution is 9.10. The van der Waals surface area contributed by atoms with Crippen LogP contribution in [-0.4, -0.2) is 13.1 Å². The molecular weight excluding hydrogens is 274 g/mol. The zero-order valence-corrected chi connectivity index (χ0v) is 12.8. The molecule has 0 aliphatic carbocycles. The Hall–Kier alpha value is -0.340. The molecular formula is C15H24BrN. The molecule has 0 heterocycles. The first kappa shape index (κ1) is 14.7. The molecule has 1 aromatic rings. The van der Waals surface area contributed by atoms with Gasteiger partial charge in [0, 0.05) is 4.47 Å². The highest BCUT2D eigenvalue weighted by atomic mass is 79.9. The quantitative estimate of drug-likeness (QED) is 0.742. The second-order valence-corrected chi connectivity index (χ2v) is 5.91. The van der Waals surface area contributed by atoms with Crippen LogP contribution in [0.5, 0.6) is 0 Å².